The minimum atomic E-state index is 0.928. The van der Waals surface area contributed by atoms with Crippen molar-refractivity contribution in [3.8, 4) is 0 Å². The molecule has 5 rings (SSSR count). The molecule has 130 valence electrons. The van der Waals surface area contributed by atoms with E-state index in [9.17, 15) is 0 Å². The Morgan fingerprint density at radius 3 is 1.70 bits per heavy atom. The van der Waals surface area contributed by atoms with Crippen molar-refractivity contribution < 1.29 is 0 Å². The Morgan fingerprint density at radius 1 is 0.519 bits per heavy atom. The van der Waals surface area contributed by atoms with Crippen molar-refractivity contribution in [3.05, 3.63) is 125 Å². The zero-order valence-electron chi connectivity index (χ0n) is 15.2. The van der Waals surface area contributed by atoms with E-state index < -0.39 is 0 Å². The maximum atomic E-state index is 2.44. The summed E-state index contributed by atoms with van der Waals surface area (Å²) in [5, 5.41) is 0. The Kier molecular flexibility index (Phi) is 3.99. The molecule has 1 nitrogen and oxygen atoms in total. The molecule has 0 atom stereocenters. The largest absolute Gasteiger partial charge is 0.310 e. The Balaban J connectivity index is 1.67. The van der Waals surface area contributed by atoms with Gasteiger partial charge in [-0.1, -0.05) is 84.9 Å². The fourth-order valence-corrected chi connectivity index (χ4v) is 4.05. The monoisotopic (exact) mass is 347 g/mol. The average molecular weight is 347 g/mol. The van der Waals surface area contributed by atoms with E-state index >= 15 is 0 Å². The van der Waals surface area contributed by atoms with Crippen LogP contribution in [0.25, 0.3) is 0 Å². The van der Waals surface area contributed by atoms with Crippen LogP contribution in [-0.4, -0.2) is 0 Å². The Labute approximate surface area is 160 Å². The van der Waals surface area contributed by atoms with Crippen molar-refractivity contribution >= 4 is 17.1 Å². The molecule has 1 aliphatic rings. The van der Waals surface area contributed by atoms with Crippen LogP contribution in [0.3, 0.4) is 0 Å². The van der Waals surface area contributed by atoms with Crippen LogP contribution in [0.1, 0.15) is 22.3 Å². The molecule has 0 N–H and O–H groups in total. The van der Waals surface area contributed by atoms with Crippen molar-refractivity contribution in [2.75, 3.05) is 4.90 Å². The van der Waals surface area contributed by atoms with Gasteiger partial charge in [0.15, 0.2) is 0 Å². The molecule has 27 heavy (non-hydrogen) atoms. The smallest absolute Gasteiger partial charge is 0.0497 e. The van der Waals surface area contributed by atoms with Gasteiger partial charge in [-0.15, -0.1) is 0 Å². The molecule has 0 saturated heterocycles. The molecule has 0 aliphatic carbocycles. The van der Waals surface area contributed by atoms with Gasteiger partial charge in [-0.2, -0.15) is 0 Å². The van der Waals surface area contributed by atoms with Crippen molar-refractivity contribution in [1.29, 1.82) is 0 Å². The number of hydrogen-bond donors (Lipinski definition) is 0. The highest BCUT2D eigenvalue weighted by molar-refractivity contribution is 5.84. The van der Waals surface area contributed by atoms with Gasteiger partial charge >= 0.3 is 0 Å². The van der Waals surface area contributed by atoms with Gasteiger partial charge in [-0.3, -0.25) is 0 Å². The molecule has 1 heterocycles. The normalized spacial score (nSPS) is 12.4. The SMILES string of the molecule is c1ccc(Cc2ccccc2N2c3ccccc3Cc3ccccc32)cc1. The van der Waals surface area contributed by atoms with Crippen LogP contribution in [0.5, 0.6) is 0 Å². The summed E-state index contributed by atoms with van der Waals surface area (Å²) < 4.78 is 0. The molecule has 1 aliphatic heterocycles. The lowest BCUT2D eigenvalue weighted by Crippen LogP contribution is -2.19. The first-order chi connectivity index (χ1) is 13.4. The summed E-state index contributed by atoms with van der Waals surface area (Å²) in [5.74, 6) is 0. The summed E-state index contributed by atoms with van der Waals surface area (Å²) in [6.45, 7) is 0. The third kappa shape index (κ3) is 2.92. The van der Waals surface area contributed by atoms with Gasteiger partial charge < -0.3 is 4.90 Å². The lowest BCUT2D eigenvalue weighted by Gasteiger charge is -2.34. The number of rotatable bonds is 3. The van der Waals surface area contributed by atoms with Crippen molar-refractivity contribution in [1.82, 2.24) is 0 Å². The van der Waals surface area contributed by atoms with Gasteiger partial charge in [0.2, 0.25) is 0 Å². The molecule has 0 bridgehead atoms. The van der Waals surface area contributed by atoms with E-state index in [0.29, 0.717) is 0 Å². The maximum absolute atomic E-state index is 2.44. The second kappa shape index (κ2) is 6.77. The zero-order chi connectivity index (χ0) is 18.1. The first kappa shape index (κ1) is 15.9. The second-order valence-corrected chi connectivity index (χ2v) is 7.06. The highest BCUT2D eigenvalue weighted by atomic mass is 15.2. The highest BCUT2D eigenvalue weighted by Crippen LogP contribution is 2.44. The van der Waals surface area contributed by atoms with Crippen molar-refractivity contribution in [3.63, 3.8) is 0 Å². The molecule has 0 radical (unpaired) electrons. The van der Waals surface area contributed by atoms with Crippen LogP contribution < -0.4 is 4.90 Å². The molecule has 0 spiro atoms. The fourth-order valence-electron chi connectivity index (χ4n) is 4.05. The van der Waals surface area contributed by atoms with E-state index in [1.807, 2.05) is 0 Å². The van der Waals surface area contributed by atoms with E-state index in [0.717, 1.165) is 12.8 Å². The van der Waals surface area contributed by atoms with Gasteiger partial charge in [0.1, 0.15) is 0 Å². The molecule has 0 fully saturated rings. The van der Waals surface area contributed by atoms with Gasteiger partial charge in [-0.05, 0) is 46.9 Å². The van der Waals surface area contributed by atoms with E-state index in [1.54, 1.807) is 0 Å². The third-order valence-corrected chi connectivity index (χ3v) is 5.32. The summed E-state index contributed by atoms with van der Waals surface area (Å²) in [5.41, 5.74) is 9.28. The quantitative estimate of drug-likeness (QED) is 0.353. The summed E-state index contributed by atoms with van der Waals surface area (Å²) in [7, 11) is 0. The number of nitrogens with zero attached hydrogens (tertiary/aromatic N) is 1. The Bertz CT molecular complexity index is 1040. The number of anilines is 3. The molecule has 0 saturated carbocycles. The Hall–Kier alpha value is -3.32. The van der Waals surface area contributed by atoms with Crippen LogP contribution in [0.15, 0.2) is 103 Å². The molecule has 0 unspecified atom stereocenters. The van der Waals surface area contributed by atoms with E-state index in [-0.39, 0.29) is 0 Å². The van der Waals surface area contributed by atoms with Gasteiger partial charge in [-0.25, -0.2) is 0 Å². The van der Waals surface area contributed by atoms with Gasteiger partial charge in [0.25, 0.3) is 0 Å². The summed E-state index contributed by atoms with van der Waals surface area (Å²) in [4.78, 5) is 2.44. The predicted octanol–water partition coefficient (Wildman–Crippen LogP) is 6.65. The van der Waals surface area contributed by atoms with Crippen LogP contribution in [-0.2, 0) is 12.8 Å². The minimum absolute atomic E-state index is 0.928. The standard InChI is InChI=1S/C26H21N/c1-2-10-20(11-3-1)18-21-12-4-7-15-24(21)27-25-16-8-5-13-22(25)19-23-14-6-9-17-26(23)27/h1-17H,18-19H2. The third-order valence-electron chi connectivity index (χ3n) is 5.32. The van der Waals surface area contributed by atoms with E-state index in [4.69, 9.17) is 0 Å². The van der Waals surface area contributed by atoms with Gasteiger partial charge in [0, 0.05) is 23.5 Å². The first-order valence-electron chi connectivity index (χ1n) is 9.48. The van der Waals surface area contributed by atoms with Gasteiger partial charge in [0.05, 0.1) is 0 Å². The van der Waals surface area contributed by atoms with E-state index in [2.05, 4.69) is 108 Å². The summed E-state index contributed by atoms with van der Waals surface area (Å²) in [6.07, 6.45) is 1.92. The predicted molar refractivity (Wildman–Crippen MR) is 113 cm³/mol. The molecule has 1 heteroatoms. The van der Waals surface area contributed by atoms with Crippen LogP contribution in [0, 0.1) is 0 Å². The average Bonchev–Trinajstić information content (AvgIpc) is 2.73. The molecule has 0 amide bonds. The number of hydrogen-bond acceptors (Lipinski definition) is 1. The summed E-state index contributed by atoms with van der Waals surface area (Å²) >= 11 is 0. The molecular formula is C26H21N. The Morgan fingerprint density at radius 2 is 1.04 bits per heavy atom. The number of para-hydroxylation sites is 3. The molecular weight excluding hydrogens is 326 g/mol. The van der Waals surface area contributed by atoms with Crippen LogP contribution >= 0.6 is 0 Å². The topological polar surface area (TPSA) is 3.24 Å². The van der Waals surface area contributed by atoms with Crippen LogP contribution in [0.2, 0.25) is 0 Å². The maximum Gasteiger partial charge on any atom is 0.0497 e. The number of benzene rings is 4. The summed E-state index contributed by atoms with van der Waals surface area (Å²) in [6, 6.07) is 37.0. The first-order valence-corrected chi connectivity index (χ1v) is 9.48. The highest BCUT2D eigenvalue weighted by Gasteiger charge is 2.24. The lowest BCUT2D eigenvalue weighted by molar-refractivity contribution is 1.07. The lowest BCUT2D eigenvalue weighted by atomic mass is 9.93. The minimum Gasteiger partial charge on any atom is -0.310 e. The van der Waals surface area contributed by atoms with E-state index in [1.165, 1.54) is 39.3 Å². The van der Waals surface area contributed by atoms with Crippen molar-refractivity contribution in [2.45, 2.75) is 12.8 Å². The second-order valence-electron chi connectivity index (χ2n) is 7.06. The van der Waals surface area contributed by atoms with Crippen molar-refractivity contribution in [2.24, 2.45) is 0 Å². The molecule has 0 aromatic heterocycles. The van der Waals surface area contributed by atoms with Crippen LogP contribution in [0.4, 0.5) is 17.1 Å². The fraction of sp³-hybridized carbons (Fsp3) is 0.0769. The molecule has 4 aromatic rings. The number of fused-ring (bicyclic) bond motifs is 2. The zero-order valence-corrected chi connectivity index (χ0v) is 15.2. The molecule has 4 aromatic carbocycles.